The van der Waals surface area contributed by atoms with Crippen molar-refractivity contribution in [3.8, 4) is 23.7 Å². The molecular formula is C36H39Br. The fourth-order valence-corrected chi connectivity index (χ4v) is 5.56. The van der Waals surface area contributed by atoms with Crippen molar-refractivity contribution < 1.29 is 0 Å². The third-order valence-electron chi connectivity index (χ3n) is 7.13. The second kappa shape index (κ2) is 13.2. The summed E-state index contributed by atoms with van der Waals surface area (Å²) >= 11 is 3.68. The molecule has 0 N–H and O–H groups in total. The van der Waals surface area contributed by atoms with Crippen molar-refractivity contribution in [1.29, 1.82) is 0 Å². The second-order valence-corrected chi connectivity index (χ2v) is 11.0. The zero-order valence-electron chi connectivity index (χ0n) is 23.0. The number of benzene rings is 4. The maximum atomic E-state index is 3.68. The van der Waals surface area contributed by atoms with E-state index in [-0.39, 0.29) is 0 Å². The summed E-state index contributed by atoms with van der Waals surface area (Å²) in [4.78, 5) is 0. The molecule has 4 aromatic carbocycles. The molecule has 0 bridgehead atoms. The number of aryl methyl sites for hydroxylation is 2. The lowest BCUT2D eigenvalue weighted by Crippen LogP contribution is -1.98. The Kier molecular flexibility index (Phi) is 9.72. The van der Waals surface area contributed by atoms with E-state index >= 15 is 0 Å². The summed E-state index contributed by atoms with van der Waals surface area (Å²) in [5.41, 5.74) is 5.29. The van der Waals surface area contributed by atoms with Crippen molar-refractivity contribution in [1.82, 2.24) is 0 Å². The highest BCUT2D eigenvalue weighted by Gasteiger charge is 2.16. The van der Waals surface area contributed by atoms with Crippen LogP contribution in [0.1, 0.15) is 101 Å². The van der Waals surface area contributed by atoms with Crippen LogP contribution in [0, 0.1) is 23.7 Å². The van der Waals surface area contributed by atoms with Gasteiger partial charge in [-0.05, 0) is 106 Å². The lowest BCUT2D eigenvalue weighted by atomic mass is 9.86. The molecule has 4 aromatic rings. The van der Waals surface area contributed by atoms with E-state index in [1.807, 2.05) is 0 Å². The van der Waals surface area contributed by atoms with Gasteiger partial charge in [0.05, 0.1) is 0 Å². The summed E-state index contributed by atoms with van der Waals surface area (Å²) < 4.78 is 1.10. The van der Waals surface area contributed by atoms with Crippen LogP contribution in [0.15, 0.2) is 46.9 Å². The van der Waals surface area contributed by atoms with Crippen LogP contribution in [-0.4, -0.2) is 0 Å². The van der Waals surface area contributed by atoms with Crippen molar-refractivity contribution in [2.75, 3.05) is 0 Å². The van der Waals surface area contributed by atoms with Crippen LogP contribution in [0.25, 0.3) is 32.3 Å². The normalized spacial score (nSPS) is 10.9. The molecule has 0 aliphatic heterocycles. The van der Waals surface area contributed by atoms with Gasteiger partial charge < -0.3 is 0 Å². The van der Waals surface area contributed by atoms with E-state index in [1.54, 1.807) is 0 Å². The Morgan fingerprint density at radius 2 is 1.05 bits per heavy atom. The van der Waals surface area contributed by atoms with E-state index < -0.39 is 0 Å². The number of hydrogen-bond acceptors (Lipinski definition) is 0. The Morgan fingerprint density at radius 1 is 0.568 bits per heavy atom. The Bertz CT molecular complexity index is 1530. The van der Waals surface area contributed by atoms with Gasteiger partial charge in [0, 0.05) is 28.4 Å². The van der Waals surface area contributed by atoms with Crippen LogP contribution >= 0.6 is 15.9 Å². The molecule has 4 rings (SSSR count). The molecule has 0 aromatic heterocycles. The molecule has 0 radical (unpaired) electrons. The van der Waals surface area contributed by atoms with Crippen LogP contribution in [0.4, 0.5) is 0 Å². The van der Waals surface area contributed by atoms with Gasteiger partial charge in [0.2, 0.25) is 0 Å². The van der Waals surface area contributed by atoms with Crippen molar-refractivity contribution in [3.05, 3.63) is 69.2 Å². The van der Waals surface area contributed by atoms with Crippen LogP contribution in [0.3, 0.4) is 0 Å². The minimum absolute atomic E-state index is 0.937. The lowest BCUT2D eigenvalue weighted by molar-refractivity contribution is 0.828. The first kappa shape index (κ1) is 27.3. The van der Waals surface area contributed by atoms with Crippen molar-refractivity contribution in [3.63, 3.8) is 0 Å². The molecule has 1 heteroatoms. The molecule has 0 atom stereocenters. The molecule has 0 aliphatic carbocycles. The number of unbranched alkanes of at least 4 members (excludes halogenated alkanes) is 4. The van der Waals surface area contributed by atoms with E-state index in [4.69, 9.17) is 0 Å². The van der Waals surface area contributed by atoms with E-state index in [0.717, 1.165) is 55.8 Å². The van der Waals surface area contributed by atoms with E-state index in [2.05, 4.69) is 110 Å². The Labute approximate surface area is 232 Å². The zero-order valence-corrected chi connectivity index (χ0v) is 24.6. The molecule has 0 amide bonds. The average Bonchev–Trinajstić information content (AvgIpc) is 2.89. The van der Waals surface area contributed by atoms with Gasteiger partial charge in [-0.3, -0.25) is 0 Å². The minimum atomic E-state index is 0.937. The van der Waals surface area contributed by atoms with Gasteiger partial charge in [0.15, 0.2) is 0 Å². The van der Waals surface area contributed by atoms with Crippen molar-refractivity contribution in [2.24, 2.45) is 0 Å². The topological polar surface area (TPSA) is 0 Å². The van der Waals surface area contributed by atoms with Gasteiger partial charge in [-0.2, -0.15) is 0 Å². The van der Waals surface area contributed by atoms with E-state index in [1.165, 1.54) is 67.4 Å². The molecule has 0 heterocycles. The molecule has 0 saturated carbocycles. The molecule has 0 nitrogen and oxygen atoms in total. The number of halogens is 1. The van der Waals surface area contributed by atoms with Crippen LogP contribution < -0.4 is 0 Å². The summed E-state index contributed by atoms with van der Waals surface area (Å²) in [5.74, 6) is 14.4. The highest BCUT2D eigenvalue weighted by atomic mass is 79.9. The van der Waals surface area contributed by atoms with Gasteiger partial charge in [-0.1, -0.05) is 99.1 Å². The molecule has 190 valence electrons. The van der Waals surface area contributed by atoms with E-state index in [0.29, 0.717) is 0 Å². The first-order chi connectivity index (χ1) is 18.1. The summed E-state index contributed by atoms with van der Waals surface area (Å²) in [6.45, 7) is 9.02. The smallest absolute Gasteiger partial charge is 0.0403 e. The Morgan fingerprint density at radius 3 is 1.54 bits per heavy atom. The second-order valence-electron chi connectivity index (χ2n) is 10.1. The summed E-state index contributed by atoms with van der Waals surface area (Å²) in [6.07, 6.45) is 11.0. The minimum Gasteiger partial charge on any atom is -0.0978 e. The highest BCUT2D eigenvalue weighted by molar-refractivity contribution is 9.10. The molecule has 0 aliphatic rings. The third-order valence-corrected chi connectivity index (χ3v) is 7.63. The van der Waals surface area contributed by atoms with Gasteiger partial charge in [0.25, 0.3) is 0 Å². The van der Waals surface area contributed by atoms with Crippen LogP contribution in [-0.2, 0) is 12.8 Å². The first-order valence-electron chi connectivity index (χ1n) is 14.2. The molecule has 0 saturated heterocycles. The standard InChI is InChI=1S/C36H39Br/c1-5-9-11-13-17-31-33-22-26(15-7-3)27(16-8-4)23-34(33)32(18-14-12-10-6-2)36-25-29-21-30(37)20-19-28(29)24-35(31)36/h19-25H,5-12,15-16H2,1-4H3. The van der Waals surface area contributed by atoms with Crippen LogP contribution in [0.2, 0.25) is 0 Å². The largest absolute Gasteiger partial charge is 0.0978 e. The molecule has 0 fully saturated rings. The number of rotatable bonds is 8. The molecule has 0 unspecified atom stereocenters. The van der Waals surface area contributed by atoms with Gasteiger partial charge in [0.1, 0.15) is 0 Å². The van der Waals surface area contributed by atoms with Crippen molar-refractivity contribution in [2.45, 2.75) is 91.9 Å². The predicted octanol–water partition coefficient (Wildman–Crippen LogP) is 10.9. The van der Waals surface area contributed by atoms with Crippen LogP contribution in [0.5, 0.6) is 0 Å². The summed E-state index contributed by atoms with van der Waals surface area (Å²) in [6, 6.07) is 16.1. The highest BCUT2D eigenvalue weighted by Crippen LogP contribution is 2.37. The quantitative estimate of drug-likeness (QED) is 0.116. The third kappa shape index (κ3) is 6.22. The maximum absolute atomic E-state index is 3.68. The fraction of sp³-hybridized carbons (Fsp3) is 0.389. The van der Waals surface area contributed by atoms with Crippen molar-refractivity contribution >= 4 is 48.2 Å². The average molecular weight is 552 g/mol. The lowest BCUT2D eigenvalue weighted by Gasteiger charge is -2.17. The predicted molar refractivity (Wildman–Crippen MR) is 167 cm³/mol. The van der Waals surface area contributed by atoms with E-state index in [9.17, 15) is 0 Å². The first-order valence-corrected chi connectivity index (χ1v) is 15.0. The van der Waals surface area contributed by atoms with Gasteiger partial charge >= 0.3 is 0 Å². The number of fused-ring (bicyclic) bond motifs is 3. The summed E-state index contributed by atoms with van der Waals surface area (Å²) in [5, 5.41) is 7.49. The fourth-order valence-electron chi connectivity index (χ4n) is 5.18. The van der Waals surface area contributed by atoms with Gasteiger partial charge in [-0.25, -0.2) is 0 Å². The maximum Gasteiger partial charge on any atom is 0.0403 e. The molecular weight excluding hydrogens is 512 g/mol. The molecule has 37 heavy (non-hydrogen) atoms. The summed E-state index contributed by atoms with van der Waals surface area (Å²) in [7, 11) is 0. The monoisotopic (exact) mass is 550 g/mol. The zero-order chi connectivity index (χ0) is 26.2. The SMILES string of the molecule is CCCCC#Cc1c2cc(CCC)c(CCC)cc2c(C#CCCCC)c2cc3cc(Br)ccc3cc12. The van der Waals surface area contributed by atoms with Gasteiger partial charge in [-0.15, -0.1) is 0 Å². The molecule has 0 spiro atoms. The Balaban J connectivity index is 2.15. The Hall–Kier alpha value is -2.74. The number of hydrogen-bond donors (Lipinski definition) is 0.